The summed E-state index contributed by atoms with van der Waals surface area (Å²) in [5, 5.41) is 2.91. The third kappa shape index (κ3) is 3.24. The second-order valence-electron chi connectivity index (χ2n) is 4.20. The summed E-state index contributed by atoms with van der Waals surface area (Å²) in [6, 6.07) is 7.19. The van der Waals surface area contributed by atoms with Crippen LogP contribution in [0.5, 0.6) is 5.75 Å². The Bertz CT molecular complexity index is 625. The first-order valence-electron chi connectivity index (χ1n) is 5.90. The maximum atomic E-state index is 12.1. The highest BCUT2D eigenvalue weighted by Gasteiger charge is 2.16. The van der Waals surface area contributed by atoms with Crippen LogP contribution in [-0.4, -0.2) is 13.0 Å². The van der Waals surface area contributed by atoms with Crippen LogP contribution in [-0.2, 0) is 0 Å². The van der Waals surface area contributed by atoms with Crippen LogP contribution in [0, 0.1) is 0 Å². The van der Waals surface area contributed by atoms with Crippen LogP contribution in [0.3, 0.4) is 0 Å². The van der Waals surface area contributed by atoms with Crippen LogP contribution in [0.25, 0.3) is 0 Å². The fraction of sp³-hybridized carbons (Fsp3) is 0.214. The van der Waals surface area contributed by atoms with Crippen LogP contribution in [0.2, 0.25) is 0 Å². The lowest BCUT2D eigenvalue weighted by Crippen LogP contribution is -2.26. The van der Waals surface area contributed by atoms with Crippen LogP contribution >= 0.6 is 31.9 Å². The van der Waals surface area contributed by atoms with Gasteiger partial charge in [-0.1, -0.05) is 6.07 Å². The number of furan rings is 1. The molecule has 0 fully saturated rings. The number of methoxy groups -OCH3 is 1. The summed E-state index contributed by atoms with van der Waals surface area (Å²) in [5.74, 6) is 0.565. The predicted molar refractivity (Wildman–Crippen MR) is 83.0 cm³/mol. The van der Waals surface area contributed by atoms with Gasteiger partial charge in [0.05, 0.1) is 29.5 Å². The molecule has 0 spiro atoms. The minimum Gasteiger partial charge on any atom is -0.496 e. The highest BCUT2D eigenvalue weighted by Crippen LogP contribution is 2.28. The Hall–Kier alpha value is -1.27. The number of hydrogen-bond acceptors (Lipinski definition) is 3. The van der Waals surface area contributed by atoms with Crippen molar-refractivity contribution in [1.82, 2.24) is 5.32 Å². The standard InChI is InChI=1S/C14H13Br2NO3/c1-8(9-3-4-12(19-2)11(15)7-9)17-14(18)10-5-6-20-13(10)16/h3-8H,1-2H3,(H,17,18). The van der Waals surface area contributed by atoms with Gasteiger partial charge in [-0.05, 0) is 62.5 Å². The Morgan fingerprint density at radius 2 is 2.10 bits per heavy atom. The molecule has 1 heterocycles. The van der Waals surface area contributed by atoms with Gasteiger partial charge in [-0.3, -0.25) is 4.79 Å². The third-order valence-electron chi connectivity index (χ3n) is 2.89. The van der Waals surface area contributed by atoms with Crippen molar-refractivity contribution in [2.75, 3.05) is 7.11 Å². The van der Waals surface area contributed by atoms with Gasteiger partial charge in [-0.2, -0.15) is 0 Å². The molecule has 1 N–H and O–H groups in total. The summed E-state index contributed by atoms with van der Waals surface area (Å²) in [6.07, 6.45) is 1.47. The molecule has 1 amide bonds. The zero-order valence-corrected chi connectivity index (χ0v) is 14.1. The third-order valence-corrected chi connectivity index (χ3v) is 4.12. The van der Waals surface area contributed by atoms with E-state index in [0.29, 0.717) is 10.2 Å². The van der Waals surface area contributed by atoms with Crippen LogP contribution in [0.4, 0.5) is 0 Å². The Labute approximate surface area is 133 Å². The molecule has 0 aliphatic rings. The number of rotatable bonds is 4. The number of carbonyl (C=O) groups is 1. The lowest BCUT2D eigenvalue weighted by molar-refractivity contribution is 0.0938. The number of ether oxygens (including phenoxy) is 1. The van der Waals surface area contributed by atoms with E-state index in [1.807, 2.05) is 25.1 Å². The molecule has 0 radical (unpaired) electrons. The second-order valence-corrected chi connectivity index (χ2v) is 5.77. The zero-order valence-electron chi connectivity index (χ0n) is 10.9. The van der Waals surface area contributed by atoms with E-state index >= 15 is 0 Å². The molecule has 1 atom stereocenters. The van der Waals surface area contributed by atoms with Gasteiger partial charge < -0.3 is 14.5 Å². The lowest BCUT2D eigenvalue weighted by atomic mass is 10.1. The quantitative estimate of drug-likeness (QED) is 0.829. The maximum Gasteiger partial charge on any atom is 0.256 e. The average Bonchev–Trinajstić information content (AvgIpc) is 2.84. The first-order valence-corrected chi connectivity index (χ1v) is 7.49. The van der Waals surface area contributed by atoms with Gasteiger partial charge in [0.15, 0.2) is 4.67 Å². The van der Waals surface area contributed by atoms with Gasteiger partial charge in [0.25, 0.3) is 5.91 Å². The lowest BCUT2D eigenvalue weighted by Gasteiger charge is -2.15. The van der Waals surface area contributed by atoms with E-state index in [4.69, 9.17) is 9.15 Å². The molecule has 1 unspecified atom stereocenters. The van der Waals surface area contributed by atoms with Crippen molar-refractivity contribution in [3.05, 3.63) is 50.8 Å². The average molecular weight is 403 g/mol. The van der Waals surface area contributed by atoms with E-state index < -0.39 is 0 Å². The number of amides is 1. The second kappa shape index (κ2) is 6.45. The van der Waals surface area contributed by atoms with Crippen LogP contribution in [0.15, 0.2) is 44.1 Å². The van der Waals surface area contributed by atoms with Crippen molar-refractivity contribution in [3.8, 4) is 5.75 Å². The Morgan fingerprint density at radius 3 is 2.65 bits per heavy atom. The van der Waals surface area contributed by atoms with Crippen molar-refractivity contribution in [3.63, 3.8) is 0 Å². The number of nitrogens with one attached hydrogen (secondary N) is 1. The molecule has 4 nitrogen and oxygen atoms in total. The number of carbonyl (C=O) groups excluding carboxylic acids is 1. The summed E-state index contributed by atoms with van der Waals surface area (Å²) >= 11 is 6.62. The smallest absolute Gasteiger partial charge is 0.256 e. The first-order chi connectivity index (χ1) is 9.52. The molecule has 0 aliphatic heterocycles. The van der Waals surface area contributed by atoms with E-state index in [9.17, 15) is 4.79 Å². The maximum absolute atomic E-state index is 12.1. The molecule has 0 saturated heterocycles. The highest BCUT2D eigenvalue weighted by atomic mass is 79.9. The van der Waals surface area contributed by atoms with Gasteiger partial charge in [0.2, 0.25) is 0 Å². The molecular formula is C14H13Br2NO3. The largest absolute Gasteiger partial charge is 0.496 e. The SMILES string of the molecule is COc1ccc(C(C)NC(=O)c2ccoc2Br)cc1Br. The summed E-state index contributed by atoms with van der Waals surface area (Å²) in [7, 11) is 1.61. The molecular weight excluding hydrogens is 390 g/mol. The fourth-order valence-corrected chi connectivity index (χ4v) is 2.74. The Balaban J connectivity index is 2.12. The Morgan fingerprint density at radius 1 is 1.35 bits per heavy atom. The van der Waals surface area contributed by atoms with Crippen molar-refractivity contribution in [2.24, 2.45) is 0 Å². The molecule has 2 aromatic rings. The predicted octanol–water partition coefficient (Wildman–Crippen LogP) is 4.30. The zero-order chi connectivity index (χ0) is 14.7. The molecule has 20 heavy (non-hydrogen) atoms. The topological polar surface area (TPSA) is 51.5 Å². The van der Waals surface area contributed by atoms with Gasteiger partial charge in [-0.15, -0.1) is 0 Å². The van der Waals surface area contributed by atoms with E-state index in [-0.39, 0.29) is 11.9 Å². The number of benzene rings is 1. The number of hydrogen-bond donors (Lipinski definition) is 1. The van der Waals surface area contributed by atoms with Crippen LogP contribution < -0.4 is 10.1 Å². The minimum absolute atomic E-state index is 0.133. The van der Waals surface area contributed by atoms with Crippen molar-refractivity contribution < 1.29 is 13.9 Å². The monoisotopic (exact) mass is 401 g/mol. The summed E-state index contributed by atoms with van der Waals surface area (Å²) in [4.78, 5) is 12.1. The van der Waals surface area contributed by atoms with E-state index in [2.05, 4.69) is 37.2 Å². The van der Waals surface area contributed by atoms with Gasteiger partial charge in [0.1, 0.15) is 5.75 Å². The highest BCUT2D eigenvalue weighted by molar-refractivity contribution is 9.10. The van der Waals surface area contributed by atoms with E-state index in [1.54, 1.807) is 13.2 Å². The van der Waals surface area contributed by atoms with Crippen molar-refractivity contribution >= 4 is 37.8 Å². The summed E-state index contributed by atoms with van der Waals surface area (Å²) < 4.78 is 11.5. The molecule has 1 aromatic carbocycles. The Kier molecular flexibility index (Phi) is 4.88. The van der Waals surface area contributed by atoms with E-state index in [0.717, 1.165) is 15.8 Å². The minimum atomic E-state index is -0.190. The van der Waals surface area contributed by atoms with Crippen molar-refractivity contribution in [1.29, 1.82) is 0 Å². The normalized spacial score (nSPS) is 12.0. The fourth-order valence-electron chi connectivity index (χ4n) is 1.77. The van der Waals surface area contributed by atoms with Gasteiger partial charge >= 0.3 is 0 Å². The molecule has 2 rings (SSSR count). The molecule has 6 heteroatoms. The molecule has 0 bridgehead atoms. The molecule has 1 aromatic heterocycles. The molecule has 0 saturated carbocycles. The van der Waals surface area contributed by atoms with Gasteiger partial charge in [-0.25, -0.2) is 0 Å². The molecule has 106 valence electrons. The van der Waals surface area contributed by atoms with Gasteiger partial charge in [0, 0.05) is 0 Å². The summed E-state index contributed by atoms with van der Waals surface area (Å²) in [5.41, 5.74) is 1.45. The molecule has 0 aliphatic carbocycles. The van der Waals surface area contributed by atoms with E-state index in [1.165, 1.54) is 6.26 Å². The van der Waals surface area contributed by atoms with Crippen LogP contribution in [0.1, 0.15) is 28.9 Å². The summed E-state index contributed by atoms with van der Waals surface area (Å²) in [6.45, 7) is 1.92. The number of halogens is 2. The first kappa shape index (κ1) is 15.1. The van der Waals surface area contributed by atoms with Crippen molar-refractivity contribution in [2.45, 2.75) is 13.0 Å².